The fraction of sp³-hybridized carbons (Fsp3) is 0.357. The molecule has 0 spiro atoms. The van der Waals surface area contributed by atoms with Gasteiger partial charge in [0.25, 0.3) is 0 Å². The van der Waals surface area contributed by atoms with E-state index in [1.54, 1.807) is 13.0 Å². The van der Waals surface area contributed by atoms with Crippen molar-refractivity contribution >= 4 is 12.0 Å². The molecule has 1 aromatic rings. The molecule has 0 radical (unpaired) electrons. The van der Waals surface area contributed by atoms with Gasteiger partial charge in [0.15, 0.2) is 11.5 Å². The Bertz CT molecular complexity index is 595. The highest BCUT2D eigenvalue weighted by molar-refractivity contribution is 5.91. The summed E-state index contributed by atoms with van der Waals surface area (Å²) in [6.07, 6.45) is 1.07. The Morgan fingerprint density at radius 3 is 2.27 bits per heavy atom. The lowest BCUT2D eigenvalue weighted by Gasteiger charge is -2.13. The maximum Gasteiger partial charge on any atom is 0.409 e. The Balaban J connectivity index is 3.44. The van der Waals surface area contributed by atoms with Gasteiger partial charge in [-0.25, -0.2) is 4.79 Å². The number of methoxy groups -OCH3 is 3. The predicted octanol–water partition coefficient (Wildman–Crippen LogP) is 1.89. The first-order valence-corrected chi connectivity index (χ1v) is 6.32. The van der Waals surface area contributed by atoms with Gasteiger partial charge < -0.3 is 18.9 Å². The summed E-state index contributed by atoms with van der Waals surface area (Å²) >= 11 is 0. The van der Waals surface area contributed by atoms with Crippen LogP contribution >= 0.6 is 0 Å². The van der Waals surface area contributed by atoms with Gasteiger partial charge in [0.1, 0.15) is 0 Å². The van der Waals surface area contributed by atoms with Crippen LogP contribution in [0.2, 0.25) is 0 Å². The van der Waals surface area contributed by atoms with E-state index in [1.165, 1.54) is 27.4 Å². The van der Waals surface area contributed by atoms with Crippen LogP contribution in [0.25, 0.3) is 6.08 Å². The Hall–Kier alpha value is -2.77. The zero-order valence-corrected chi connectivity index (χ0v) is 12.7. The SMILES string of the molecule is CCOC(=O)/C(=C/c1ccc(OC)c(OC)c1OC)[N+](=O)[O-]. The zero-order valence-electron chi connectivity index (χ0n) is 12.7. The van der Waals surface area contributed by atoms with Gasteiger partial charge in [0.05, 0.1) is 32.9 Å². The molecular formula is C14H17NO7. The Morgan fingerprint density at radius 2 is 1.82 bits per heavy atom. The number of nitro groups is 1. The standard InChI is InChI=1S/C14H17NO7/c1-5-22-14(16)10(15(17)18)8-9-6-7-11(19-2)13(21-4)12(9)20-3/h6-8H,5H2,1-4H3/b10-8-. The third-order valence-corrected chi connectivity index (χ3v) is 2.71. The molecule has 8 heteroatoms. The minimum Gasteiger partial charge on any atom is -0.493 e. The highest BCUT2D eigenvalue weighted by atomic mass is 16.6. The second-order valence-corrected chi connectivity index (χ2v) is 3.93. The first kappa shape index (κ1) is 17.3. The molecule has 1 rings (SSSR count). The first-order valence-electron chi connectivity index (χ1n) is 6.32. The molecule has 0 bridgehead atoms. The predicted molar refractivity (Wildman–Crippen MR) is 77.7 cm³/mol. The van der Waals surface area contributed by atoms with Crippen LogP contribution in [0.5, 0.6) is 17.2 Å². The number of carbonyl (C=O) groups is 1. The van der Waals surface area contributed by atoms with E-state index in [4.69, 9.17) is 14.2 Å². The lowest BCUT2D eigenvalue weighted by Crippen LogP contribution is -2.14. The molecule has 0 fully saturated rings. The zero-order chi connectivity index (χ0) is 16.7. The van der Waals surface area contributed by atoms with Gasteiger partial charge in [0.2, 0.25) is 5.75 Å². The fourth-order valence-electron chi connectivity index (χ4n) is 1.78. The maximum atomic E-state index is 11.6. The van der Waals surface area contributed by atoms with E-state index in [2.05, 4.69) is 4.74 Å². The molecule has 22 heavy (non-hydrogen) atoms. The van der Waals surface area contributed by atoms with Gasteiger partial charge >= 0.3 is 11.7 Å². The van der Waals surface area contributed by atoms with Crippen molar-refractivity contribution in [2.75, 3.05) is 27.9 Å². The first-order chi connectivity index (χ1) is 10.5. The maximum absolute atomic E-state index is 11.6. The van der Waals surface area contributed by atoms with E-state index in [0.29, 0.717) is 11.3 Å². The summed E-state index contributed by atoms with van der Waals surface area (Å²) in [7, 11) is 4.24. The largest absolute Gasteiger partial charge is 0.493 e. The number of hydrogen-bond acceptors (Lipinski definition) is 7. The Morgan fingerprint density at radius 1 is 1.18 bits per heavy atom. The van der Waals surface area contributed by atoms with Crippen LogP contribution in [0.15, 0.2) is 17.8 Å². The highest BCUT2D eigenvalue weighted by Gasteiger charge is 2.25. The molecule has 0 aliphatic rings. The number of ether oxygens (including phenoxy) is 4. The number of hydrogen-bond donors (Lipinski definition) is 0. The number of rotatable bonds is 7. The lowest BCUT2D eigenvalue weighted by molar-refractivity contribution is -0.419. The smallest absolute Gasteiger partial charge is 0.409 e. The molecular weight excluding hydrogens is 294 g/mol. The summed E-state index contributed by atoms with van der Waals surface area (Å²) in [5.74, 6) is -0.143. The Labute approximate surface area is 127 Å². The van der Waals surface area contributed by atoms with Crippen molar-refractivity contribution in [3.63, 3.8) is 0 Å². The number of carbonyl (C=O) groups excluding carboxylic acids is 1. The molecule has 0 heterocycles. The van der Waals surface area contributed by atoms with Crippen LogP contribution < -0.4 is 14.2 Å². The fourth-order valence-corrected chi connectivity index (χ4v) is 1.78. The molecule has 0 aliphatic carbocycles. The average Bonchev–Trinajstić information content (AvgIpc) is 2.51. The monoisotopic (exact) mass is 311 g/mol. The summed E-state index contributed by atoms with van der Waals surface area (Å²) in [5.41, 5.74) is -0.410. The van der Waals surface area contributed by atoms with Crippen molar-refractivity contribution < 1.29 is 28.7 Å². The van der Waals surface area contributed by atoms with Crippen LogP contribution in [0.4, 0.5) is 0 Å². The van der Waals surface area contributed by atoms with Crippen molar-refractivity contribution in [1.29, 1.82) is 0 Å². The molecule has 0 atom stereocenters. The molecule has 0 unspecified atom stereocenters. The van der Waals surface area contributed by atoms with Crippen LogP contribution in [0.1, 0.15) is 12.5 Å². The van der Waals surface area contributed by atoms with E-state index >= 15 is 0 Å². The van der Waals surface area contributed by atoms with Crippen LogP contribution in [-0.4, -0.2) is 38.8 Å². The quantitative estimate of drug-likeness (QED) is 0.328. The molecule has 0 aromatic heterocycles. The van der Waals surface area contributed by atoms with Gasteiger partial charge in [0, 0.05) is 11.6 Å². The van der Waals surface area contributed by atoms with Crippen molar-refractivity contribution in [3.8, 4) is 17.2 Å². The summed E-state index contributed by atoms with van der Waals surface area (Å²) in [5, 5.41) is 11.0. The van der Waals surface area contributed by atoms with Gasteiger partial charge in [-0.2, -0.15) is 0 Å². The van der Waals surface area contributed by atoms with Gasteiger partial charge in [-0.3, -0.25) is 10.1 Å². The summed E-state index contributed by atoms with van der Waals surface area (Å²) in [6.45, 7) is 1.60. The van der Waals surface area contributed by atoms with E-state index in [-0.39, 0.29) is 18.1 Å². The molecule has 0 aliphatic heterocycles. The van der Waals surface area contributed by atoms with Crippen LogP contribution in [-0.2, 0) is 9.53 Å². The molecule has 0 saturated heterocycles. The summed E-state index contributed by atoms with van der Waals surface area (Å²) in [6, 6.07) is 3.07. The van der Waals surface area contributed by atoms with Gasteiger partial charge in [-0.1, -0.05) is 0 Å². The minimum atomic E-state index is -1.02. The molecule has 120 valence electrons. The van der Waals surface area contributed by atoms with Crippen LogP contribution in [0, 0.1) is 10.1 Å². The average molecular weight is 311 g/mol. The van der Waals surface area contributed by atoms with E-state index < -0.39 is 16.6 Å². The lowest BCUT2D eigenvalue weighted by atomic mass is 10.1. The molecule has 0 N–H and O–H groups in total. The number of benzene rings is 1. The van der Waals surface area contributed by atoms with E-state index in [9.17, 15) is 14.9 Å². The second-order valence-electron chi connectivity index (χ2n) is 3.93. The summed E-state index contributed by atoms with van der Waals surface area (Å²) in [4.78, 5) is 21.9. The van der Waals surface area contributed by atoms with Crippen molar-refractivity contribution in [2.24, 2.45) is 0 Å². The topological polar surface area (TPSA) is 97.1 Å². The van der Waals surface area contributed by atoms with Crippen LogP contribution in [0.3, 0.4) is 0 Å². The van der Waals surface area contributed by atoms with E-state index in [1.807, 2.05) is 0 Å². The molecule has 0 amide bonds. The highest BCUT2D eigenvalue weighted by Crippen LogP contribution is 2.40. The van der Waals surface area contributed by atoms with Gasteiger partial charge in [-0.05, 0) is 19.1 Å². The third kappa shape index (κ3) is 3.66. The molecule has 0 saturated carbocycles. The number of nitrogens with zero attached hydrogens (tertiary/aromatic N) is 1. The number of esters is 1. The van der Waals surface area contributed by atoms with Crippen molar-refractivity contribution in [1.82, 2.24) is 0 Å². The third-order valence-electron chi connectivity index (χ3n) is 2.71. The Kier molecular flexibility index (Phi) is 6.18. The molecule has 1 aromatic carbocycles. The summed E-state index contributed by atoms with van der Waals surface area (Å²) < 4.78 is 20.2. The van der Waals surface area contributed by atoms with Crippen molar-refractivity contribution in [2.45, 2.75) is 6.92 Å². The van der Waals surface area contributed by atoms with Gasteiger partial charge in [-0.15, -0.1) is 0 Å². The molecule has 8 nitrogen and oxygen atoms in total. The van der Waals surface area contributed by atoms with Crippen molar-refractivity contribution in [3.05, 3.63) is 33.5 Å². The second kappa shape index (κ2) is 7.87. The normalized spacial score (nSPS) is 10.8. The minimum absolute atomic E-state index is 0.0348. The van der Waals surface area contributed by atoms with E-state index in [0.717, 1.165) is 6.08 Å².